The van der Waals surface area contributed by atoms with E-state index in [-0.39, 0.29) is 0 Å². The molecule has 0 aromatic carbocycles. The second-order valence-electron chi connectivity index (χ2n) is 3.62. The molecule has 1 fully saturated rings. The first kappa shape index (κ1) is 10.4. The van der Waals surface area contributed by atoms with E-state index in [1.165, 1.54) is 11.5 Å². The molecule has 0 spiro atoms. The van der Waals surface area contributed by atoms with Gasteiger partial charge < -0.3 is 10.1 Å². The van der Waals surface area contributed by atoms with Gasteiger partial charge in [0.1, 0.15) is 0 Å². The fourth-order valence-electron chi connectivity index (χ4n) is 1.28. The molecule has 2 unspecified atom stereocenters. The van der Waals surface area contributed by atoms with Crippen LogP contribution in [-0.4, -0.2) is 37.3 Å². The summed E-state index contributed by atoms with van der Waals surface area (Å²) in [4.78, 5) is 0. The molecule has 2 nitrogen and oxygen atoms in total. The number of hydrogen-bond donors (Lipinski definition) is 1. The van der Waals surface area contributed by atoms with E-state index in [0.29, 0.717) is 12.0 Å². The Morgan fingerprint density at radius 1 is 1.50 bits per heavy atom. The van der Waals surface area contributed by atoms with Gasteiger partial charge in [0, 0.05) is 30.7 Å². The molecule has 1 aliphatic rings. The van der Waals surface area contributed by atoms with Gasteiger partial charge in [-0.2, -0.15) is 11.8 Å². The summed E-state index contributed by atoms with van der Waals surface area (Å²) in [7, 11) is 1.77. The van der Waals surface area contributed by atoms with Crippen LogP contribution in [0, 0.1) is 5.92 Å². The summed E-state index contributed by atoms with van der Waals surface area (Å²) in [6.07, 6.45) is 0. The fourth-order valence-corrected chi connectivity index (χ4v) is 1.94. The maximum atomic E-state index is 5.11. The maximum absolute atomic E-state index is 5.11. The molecule has 3 heteroatoms. The summed E-state index contributed by atoms with van der Waals surface area (Å²) in [6, 6.07) is 1.33. The summed E-state index contributed by atoms with van der Waals surface area (Å²) >= 11 is 2.02. The van der Waals surface area contributed by atoms with E-state index in [9.17, 15) is 0 Å². The van der Waals surface area contributed by atoms with Crippen LogP contribution in [0.25, 0.3) is 0 Å². The zero-order chi connectivity index (χ0) is 8.97. The number of nitrogens with one attached hydrogen (secondary N) is 1. The Hall–Kier alpha value is 0.270. The van der Waals surface area contributed by atoms with Gasteiger partial charge >= 0.3 is 0 Å². The van der Waals surface area contributed by atoms with Crippen LogP contribution < -0.4 is 5.32 Å². The zero-order valence-corrected chi connectivity index (χ0v) is 8.99. The van der Waals surface area contributed by atoms with Crippen molar-refractivity contribution in [3.63, 3.8) is 0 Å². The lowest BCUT2D eigenvalue weighted by Gasteiger charge is -2.31. The summed E-state index contributed by atoms with van der Waals surface area (Å²) in [5.41, 5.74) is 0. The molecular formula is C9H19NOS. The Labute approximate surface area is 79.4 Å². The molecule has 0 aromatic heterocycles. The van der Waals surface area contributed by atoms with Crippen molar-refractivity contribution in [3.8, 4) is 0 Å². The van der Waals surface area contributed by atoms with Gasteiger partial charge in [0.2, 0.25) is 0 Å². The van der Waals surface area contributed by atoms with Gasteiger partial charge in [0.25, 0.3) is 0 Å². The van der Waals surface area contributed by atoms with Crippen LogP contribution >= 0.6 is 11.8 Å². The summed E-state index contributed by atoms with van der Waals surface area (Å²) in [6.45, 7) is 5.33. The highest BCUT2D eigenvalue weighted by Gasteiger charge is 2.21. The van der Waals surface area contributed by atoms with Crippen LogP contribution in [0.4, 0.5) is 0 Å². The molecule has 12 heavy (non-hydrogen) atoms. The quantitative estimate of drug-likeness (QED) is 0.705. The first-order valence-corrected chi connectivity index (χ1v) is 5.72. The SMILES string of the molecule is COCC(C)C(C)NC1CSC1. The predicted molar refractivity (Wildman–Crippen MR) is 54.8 cm³/mol. The topological polar surface area (TPSA) is 21.3 Å². The standard InChI is InChI=1S/C9H19NOS/c1-7(4-11-3)8(2)10-9-5-12-6-9/h7-10H,4-6H2,1-3H3. The number of methoxy groups -OCH3 is 1. The molecule has 1 N–H and O–H groups in total. The largest absolute Gasteiger partial charge is 0.384 e. The lowest BCUT2D eigenvalue weighted by molar-refractivity contribution is 0.140. The van der Waals surface area contributed by atoms with Gasteiger partial charge in [-0.1, -0.05) is 6.92 Å². The van der Waals surface area contributed by atoms with Crippen molar-refractivity contribution in [3.05, 3.63) is 0 Å². The second-order valence-corrected chi connectivity index (χ2v) is 4.70. The third-order valence-electron chi connectivity index (χ3n) is 2.42. The van der Waals surface area contributed by atoms with E-state index in [1.54, 1.807) is 7.11 Å². The van der Waals surface area contributed by atoms with Gasteiger partial charge in [-0.05, 0) is 12.8 Å². The van der Waals surface area contributed by atoms with Crippen LogP contribution in [-0.2, 0) is 4.74 Å². The van der Waals surface area contributed by atoms with Crippen molar-refractivity contribution in [1.82, 2.24) is 5.32 Å². The Morgan fingerprint density at radius 2 is 2.17 bits per heavy atom. The number of hydrogen-bond acceptors (Lipinski definition) is 3. The van der Waals surface area contributed by atoms with Gasteiger partial charge in [-0.15, -0.1) is 0 Å². The summed E-state index contributed by atoms with van der Waals surface area (Å²) in [5, 5.41) is 3.60. The third-order valence-corrected chi connectivity index (χ3v) is 3.70. The highest BCUT2D eigenvalue weighted by molar-refractivity contribution is 8.00. The molecule has 1 aliphatic heterocycles. The van der Waals surface area contributed by atoms with Crippen LogP contribution in [0.2, 0.25) is 0 Å². The Kier molecular flexibility index (Phi) is 4.40. The van der Waals surface area contributed by atoms with E-state index in [1.807, 2.05) is 11.8 Å². The minimum atomic E-state index is 0.579. The molecule has 1 saturated heterocycles. The van der Waals surface area contributed by atoms with E-state index >= 15 is 0 Å². The molecule has 1 rings (SSSR count). The van der Waals surface area contributed by atoms with Gasteiger partial charge in [-0.3, -0.25) is 0 Å². The van der Waals surface area contributed by atoms with Crippen molar-refractivity contribution in [2.45, 2.75) is 25.9 Å². The molecule has 0 amide bonds. The van der Waals surface area contributed by atoms with E-state index in [0.717, 1.165) is 12.6 Å². The van der Waals surface area contributed by atoms with Gasteiger partial charge in [0.15, 0.2) is 0 Å². The van der Waals surface area contributed by atoms with Crippen LogP contribution in [0.3, 0.4) is 0 Å². The molecule has 0 radical (unpaired) electrons. The Balaban J connectivity index is 2.12. The van der Waals surface area contributed by atoms with Crippen LogP contribution in [0.5, 0.6) is 0 Å². The molecule has 0 aromatic rings. The maximum Gasteiger partial charge on any atom is 0.0502 e. The first-order chi connectivity index (χ1) is 5.74. The summed E-state index contributed by atoms with van der Waals surface area (Å²) < 4.78 is 5.11. The average molecular weight is 189 g/mol. The minimum Gasteiger partial charge on any atom is -0.384 e. The smallest absolute Gasteiger partial charge is 0.0502 e. The minimum absolute atomic E-state index is 0.579. The van der Waals surface area contributed by atoms with Crippen LogP contribution in [0.15, 0.2) is 0 Å². The van der Waals surface area contributed by atoms with E-state index in [2.05, 4.69) is 19.2 Å². The lowest BCUT2D eigenvalue weighted by atomic mass is 10.0. The molecule has 1 heterocycles. The summed E-state index contributed by atoms with van der Waals surface area (Å²) in [5.74, 6) is 3.18. The number of ether oxygens (including phenoxy) is 1. The normalized spacial score (nSPS) is 23.2. The highest BCUT2D eigenvalue weighted by Crippen LogP contribution is 2.18. The van der Waals surface area contributed by atoms with Crippen molar-refractivity contribution < 1.29 is 4.74 Å². The van der Waals surface area contributed by atoms with Gasteiger partial charge in [-0.25, -0.2) is 0 Å². The highest BCUT2D eigenvalue weighted by atomic mass is 32.2. The number of rotatable bonds is 5. The van der Waals surface area contributed by atoms with Crippen molar-refractivity contribution in [2.75, 3.05) is 25.2 Å². The van der Waals surface area contributed by atoms with E-state index in [4.69, 9.17) is 4.74 Å². The molecule has 2 atom stereocenters. The number of thioether (sulfide) groups is 1. The van der Waals surface area contributed by atoms with Gasteiger partial charge in [0.05, 0.1) is 6.61 Å². The zero-order valence-electron chi connectivity index (χ0n) is 8.17. The van der Waals surface area contributed by atoms with Crippen molar-refractivity contribution in [2.24, 2.45) is 5.92 Å². The van der Waals surface area contributed by atoms with E-state index < -0.39 is 0 Å². The average Bonchev–Trinajstić information content (AvgIpc) is 1.97. The van der Waals surface area contributed by atoms with Crippen LogP contribution in [0.1, 0.15) is 13.8 Å². The molecule has 0 aliphatic carbocycles. The third kappa shape index (κ3) is 2.96. The lowest BCUT2D eigenvalue weighted by Crippen LogP contribution is -2.47. The molecule has 0 bridgehead atoms. The van der Waals surface area contributed by atoms with Crippen molar-refractivity contribution in [1.29, 1.82) is 0 Å². The predicted octanol–water partition coefficient (Wildman–Crippen LogP) is 1.36. The Bertz CT molecular complexity index is 128. The second kappa shape index (κ2) is 5.10. The molecule has 72 valence electrons. The Morgan fingerprint density at radius 3 is 2.58 bits per heavy atom. The monoisotopic (exact) mass is 189 g/mol. The van der Waals surface area contributed by atoms with Crippen molar-refractivity contribution >= 4 is 11.8 Å². The fraction of sp³-hybridized carbons (Fsp3) is 1.00. The molecule has 0 saturated carbocycles. The molecular weight excluding hydrogens is 170 g/mol. The first-order valence-electron chi connectivity index (χ1n) is 4.56.